The van der Waals surface area contributed by atoms with Crippen LogP contribution in [0.15, 0.2) is 78.9 Å². The number of aliphatic hydroxyl groups is 2. The van der Waals surface area contributed by atoms with Crippen molar-refractivity contribution in [2.75, 3.05) is 5.32 Å². The van der Waals surface area contributed by atoms with Crippen LogP contribution in [0.3, 0.4) is 0 Å². The van der Waals surface area contributed by atoms with Crippen molar-refractivity contribution >= 4 is 23.5 Å². The van der Waals surface area contributed by atoms with E-state index in [1.807, 2.05) is 48.7 Å². The number of carboxylic acid groups (broad SMARTS) is 2. The van der Waals surface area contributed by atoms with Crippen LogP contribution in [-0.2, 0) is 11.2 Å². The predicted molar refractivity (Wildman–Crippen MR) is 162 cm³/mol. The van der Waals surface area contributed by atoms with Gasteiger partial charge >= 0.3 is 35.5 Å². The molecule has 11 heteroatoms. The number of nitrogens with one attached hydrogen (secondary N) is 1. The van der Waals surface area contributed by atoms with Crippen LogP contribution in [0, 0.1) is 5.82 Å². The number of hydrogen-bond acceptors (Lipinski definition) is 6. The number of rotatable bonds is 13. The molecule has 4 N–H and O–H groups in total. The number of amides is 1. The van der Waals surface area contributed by atoms with Gasteiger partial charge in [0.25, 0.3) is 5.91 Å². The Morgan fingerprint density at radius 1 is 0.867 bits per heavy atom. The van der Waals surface area contributed by atoms with Crippen molar-refractivity contribution in [2.24, 2.45) is 0 Å². The third kappa shape index (κ3) is 8.90. The standard InChI is InChI=1S/C34H35FN2O7.Na/c1-20(2)37-28(17-16-26(38)18-27(39)19-29(40)41)30(22-8-12-24(35)13-9-22)31(21-6-4-3-5-7-21)32(37)33(42)36-25-14-10-23(11-15-25)34(43)44;/h3-15,20,26-27,38-39H,16-19H2,1-2H3,(H,36,42)(H,40,41)(H,43,44);/q;+1/p-1/t26-,27-;/m1./s1. The second-order valence-electron chi connectivity index (χ2n) is 10.9. The van der Waals surface area contributed by atoms with E-state index in [0.717, 1.165) is 5.56 Å². The third-order valence-corrected chi connectivity index (χ3v) is 7.28. The Morgan fingerprint density at radius 2 is 1.47 bits per heavy atom. The maximum absolute atomic E-state index is 14.1. The van der Waals surface area contributed by atoms with Gasteiger partial charge in [0, 0.05) is 40.9 Å². The van der Waals surface area contributed by atoms with Crippen molar-refractivity contribution in [1.82, 2.24) is 4.57 Å². The zero-order valence-corrected chi connectivity index (χ0v) is 27.4. The molecule has 0 bridgehead atoms. The fourth-order valence-corrected chi connectivity index (χ4v) is 5.39. The fourth-order valence-electron chi connectivity index (χ4n) is 5.39. The first kappa shape index (κ1) is 35.7. The van der Waals surface area contributed by atoms with E-state index in [1.165, 1.54) is 36.4 Å². The zero-order valence-electron chi connectivity index (χ0n) is 25.4. The van der Waals surface area contributed by atoms with Crippen LogP contribution in [0.4, 0.5) is 10.1 Å². The molecule has 230 valence electrons. The first-order valence-electron chi connectivity index (χ1n) is 14.2. The maximum Gasteiger partial charge on any atom is 1.00 e. The number of carbonyl (C=O) groups is 3. The molecule has 0 radical (unpaired) electrons. The predicted octanol–water partition coefficient (Wildman–Crippen LogP) is 1.68. The Bertz CT molecular complexity index is 1620. The molecular formula is C34H34FN2NaO7. The molecule has 4 aromatic rings. The van der Waals surface area contributed by atoms with Gasteiger partial charge in [0.1, 0.15) is 11.5 Å². The number of aliphatic hydroxyl groups excluding tert-OH is 2. The molecule has 0 aliphatic rings. The quantitative estimate of drug-likeness (QED) is 0.165. The van der Waals surface area contributed by atoms with Gasteiger partial charge in [0.05, 0.1) is 17.8 Å². The molecule has 4 rings (SSSR count). The van der Waals surface area contributed by atoms with Crippen LogP contribution >= 0.6 is 0 Å². The second kappa shape index (κ2) is 16.0. The minimum Gasteiger partial charge on any atom is -0.550 e. The Kier molecular flexibility index (Phi) is 12.7. The van der Waals surface area contributed by atoms with Gasteiger partial charge in [0.2, 0.25) is 0 Å². The van der Waals surface area contributed by atoms with Crippen LogP contribution in [0.25, 0.3) is 22.3 Å². The average Bonchev–Trinajstić information content (AvgIpc) is 3.32. The normalized spacial score (nSPS) is 12.3. The van der Waals surface area contributed by atoms with Crippen molar-refractivity contribution in [2.45, 2.75) is 57.8 Å². The molecule has 0 saturated carbocycles. The number of hydrogen-bond donors (Lipinski definition) is 4. The summed E-state index contributed by atoms with van der Waals surface area (Å²) < 4.78 is 15.9. The Labute approximate surface area is 282 Å². The van der Waals surface area contributed by atoms with Crippen molar-refractivity contribution in [3.63, 3.8) is 0 Å². The van der Waals surface area contributed by atoms with Gasteiger partial charge in [-0.1, -0.05) is 42.5 Å². The average molecular weight is 625 g/mol. The number of carbonyl (C=O) groups excluding carboxylic acids is 2. The first-order chi connectivity index (χ1) is 21.0. The van der Waals surface area contributed by atoms with E-state index in [2.05, 4.69) is 5.32 Å². The van der Waals surface area contributed by atoms with E-state index in [9.17, 15) is 39.2 Å². The van der Waals surface area contributed by atoms with E-state index in [4.69, 9.17) is 0 Å². The number of aromatic nitrogens is 1. The van der Waals surface area contributed by atoms with Gasteiger partial charge in [-0.05, 0) is 80.6 Å². The fraction of sp³-hybridized carbons (Fsp3) is 0.265. The van der Waals surface area contributed by atoms with Crippen LogP contribution in [0.1, 0.15) is 65.7 Å². The molecule has 0 saturated heterocycles. The molecular weight excluding hydrogens is 590 g/mol. The number of halogens is 1. The zero-order chi connectivity index (χ0) is 32.0. The molecule has 1 aromatic heterocycles. The van der Waals surface area contributed by atoms with Crippen LogP contribution in [-0.4, -0.2) is 49.9 Å². The molecule has 1 heterocycles. The largest absolute Gasteiger partial charge is 1.00 e. The summed E-state index contributed by atoms with van der Waals surface area (Å²) in [6.07, 6.45) is -2.72. The molecule has 3 aromatic carbocycles. The summed E-state index contributed by atoms with van der Waals surface area (Å²) in [5.41, 5.74) is 4.08. The molecule has 0 fully saturated rings. The number of aliphatic carboxylic acids is 1. The monoisotopic (exact) mass is 624 g/mol. The number of benzene rings is 3. The van der Waals surface area contributed by atoms with Crippen LogP contribution < -0.4 is 40.0 Å². The van der Waals surface area contributed by atoms with E-state index < -0.39 is 42.3 Å². The van der Waals surface area contributed by atoms with Crippen molar-refractivity contribution in [3.05, 3.63) is 102 Å². The molecule has 1 amide bonds. The van der Waals surface area contributed by atoms with E-state index >= 15 is 0 Å². The summed E-state index contributed by atoms with van der Waals surface area (Å²) >= 11 is 0. The molecule has 0 aliphatic heterocycles. The van der Waals surface area contributed by atoms with Crippen molar-refractivity contribution in [1.29, 1.82) is 0 Å². The van der Waals surface area contributed by atoms with Gasteiger partial charge < -0.3 is 35.1 Å². The van der Waals surface area contributed by atoms with E-state index in [-0.39, 0.29) is 60.4 Å². The minimum absolute atomic E-state index is 0. The van der Waals surface area contributed by atoms with Gasteiger partial charge in [-0.2, -0.15) is 0 Å². The Hall–Kier alpha value is -3.80. The van der Waals surface area contributed by atoms with Crippen molar-refractivity contribution < 1.29 is 68.8 Å². The Balaban J connectivity index is 0.00000552. The topological polar surface area (TPSA) is 152 Å². The van der Waals surface area contributed by atoms with Gasteiger partial charge in [-0.3, -0.25) is 4.79 Å². The molecule has 45 heavy (non-hydrogen) atoms. The van der Waals surface area contributed by atoms with Crippen molar-refractivity contribution in [3.8, 4) is 22.3 Å². The van der Waals surface area contributed by atoms with Gasteiger partial charge in [-0.15, -0.1) is 0 Å². The van der Waals surface area contributed by atoms with Gasteiger partial charge in [-0.25, -0.2) is 9.18 Å². The summed E-state index contributed by atoms with van der Waals surface area (Å²) in [5, 5.41) is 43.8. The molecule has 0 unspecified atom stereocenters. The Morgan fingerprint density at radius 3 is 2.02 bits per heavy atom. The summed E-state index contributed by atoms with van der Waals surface area (Å²) in [6.45, 7) is 3.82. The summed E-state index contributed by atoms with van der Waals surface area (Å²) in [7, 11) is 0. The van der Waals surface area contributed by atoms with Crippen LogP contribution in [0.5, 0.6) is 0 Å². The second-order valence-corrected chi connectivity index (χ2v) is 10.9. The number of carboxylic acids is 2. The number of anilines is 1. The maximum atomic E-state index is 14.1. The molecule has 0 spiro atoms. The molecule has 9 nitrogen and oxygen atoms in total. The number of nitrogens with zero attached hydrogens (tertiary/aromatic N) is 1. The third-order valence-electron chi connectivity index (χ3n) is 7.28. The SMILES string of the molecule is CC(C)n1c(CC[C@@H](O)C[C@@H](O)CC(=O)[O-])c(-c2ccc(F)cc2)c(-c2ccccc2)c1C(=O)Nc1ccc(C(=O)O)cc1.[Na+]. The van der Waals surface area contributed by atoms with E-state index in [0.29, 0.717) is 33.8 Å². The molecule has 0 aliphatic carbocycles. The van der Waals surface area contributed by atoms with E-state index in [1.54, 1.807) is 12.1 Å². The first-order valence-corrected chi connectivity index (χ1v) is 14.2. The number of aromatic carboxylic acids is 1. The van der Waals surface area contributed by atoms with Crippen LogP contribution in [0.2, 0.25) is 0 Å². The minimum atomic E-state index is -1.42. The summed E-state index contributed by atoms with van der Waals surface area (Å²) in [4.78, 5) is 36.3. The van der Waals surface area contributed by atoms with Gasteiger partial charge in [0.15, 0.2) is 0 Å². The molecule has 2 atom stereocenters. The summed E-state index contributed by atoms with van der Waals surface area (Å²) in [5.74, 6) is -3.40. The smallest absolute Gasteiger partial charge is 0.550 e. The summed E-state index contributed by atoms with van der Waals surface area (Å²) in [6, 6.07) is 20.7.